The average Bonchev–Trinajstić information content (AvgIpc) is 2.77. The fourth-order valence-corrected chi connectivity index (χ4v) is 8.40. The number of rotatable bonds is 12. The molecule has 10 heteroatoms. The van der Waals surface area contributed by atoms with E-state index in [9.17, 15) is 17.8 Å². The Labute approximate surface area is 199 Å². The minimum Gasteiger partial charge on any atom is -0.301 e. The van der Waals surface area contributed by atoms with Crippen molar-refractivity contribution in [3.05, 3.63) is 41.6 Å². The van der Waals surface area contributed by atoms with Crippen LogP contribution in [0.25, 0.3) is 17.0 Å². The summed E-state index contributed by atoms with van der Waals surface area (Å²) < 4.78 is 49.1. The summed E-state index contributed by atoms with van der Waals surface area (Å²) in [6.07, 6.45) is 5.63. The summed E-state index contributed by atoms with van der Waals surface area (Å²) in [4.78, 5) is 17.9. The number of Topliss-reactive ketones (excluding diaryl/α,β-unsaturated/α-hetero) is 1. The molecule has 0 radical (unpaired) electrons. The lowest BCUT2D eigenvalue weighted by atomic mass is 9.97. The Hall–Kier alpha value is -1.51. The summed E-state index contributed by atoms with van der Waals surface area (Å²) in [6.45, 7) is 2.36. The minimum absolute atomic E-state index is 0.0667. The van der Waals surface area contributed by atoms with E-state index in [0.717, 1.165) is 30.6 Å². The molecule has 7 nitrogen and oxygen atoms in total. The van der Waals surface area contributed by atoms with Gasteiger partial charge in [-0.25, -0.2) is 18.0 Å². The molecule has 3 rings (SSSR count). The third kappa shape index (κ3) is 6.34. The molecular formula is C23H30NO6PS2. The van der Waals surface area contributed by atoms with Gasteiger partial charge < -0.3 is 4.52 Å². The van der Waals surface area contributed by atoms with Gasteiger partial charge in [-0.05, 0) is 61.5 Å². The molecule has 2 aromatic rings. The summed E-state index contributed by atoms with van der Waals surface area (Å²) in [5, 5.41) is 0.647. The van der Waals surface area contributed by atoms with E-state index in [1.807, 2.05) is 6.92 Å². The van der Waals surface area contributed by atoms with Gasteiger partial charge in [0.05, 0.1) is 28.5 Å². The first-order chi connectivity index (χ1) is 15.7. The number of aromatic nitrogens is 1. The van der Waals surface area contributed by atoms with Crippen LogP contribution in [0.5, 0.6) is 0 Å². The van der Waals surface area contributed by atoms with Crippen molar-refractivity contribution in [1.29, 1.82) is 0 Å². The number of sulfone groups is 1. The average molecular weight is 512 g/mol. The van der Waals surface area contributed by atoms with E-state index in [0.29, 0.717) is 34.3 Å². The molecule has 1 aromatic carbocycles. The molecule has 0 N–H and O–H groups in total. The molecule has 1 aromatic heterocycles. The molecule has 1 heterocycles. The topological polar surface area (TPSA) is 99.6 Å². The highest BCUT2D eigenvalue weighted by Crippen LogP contribution is 2.62. The van der Waals surface area contributed by atoms with E-state index in [4.69, 9.17) is 9.05 Å². The first-order valence-corrected chi connectivity index (χ1v) is 16.0. The fraction of sp³-hybridized carbons (Fsp3) is 0.478. The van der Waals surface area contributed by atoms with Crippen LogP contribution in [0.2, 0.25) is 0 Å². The molecule has 1 aliphatic rings. The number of carbonyl (C=O) groups is 1. The number of pyridine rings is 1. The number of ketones is 1. The highest BCUT2D eigenvalue weighted by atomic mass is 32.7. The van der Waals surface area contributed by atoms with Crippen molar-refractivity contribution in [3.8, 4) is 0 Å². The van der Waals surface area contributed by atoms with E-state index in [1.165, 1.54) is 18.2 Å². The van der Waals surface area contributed by atoms with Crippen molar-refractivity contribution in [2.75, 3.05) is 18.1 Å². The number of unbranched alkanes of at least 4 members (excludes halogenated alkanes) is 2. The van der Waals surface area contributed by atoms with Gasteiger partial charge in [-0.15, -0.1) is 0 Å². The number of nitrogens with zero attached hydrogens (tertiary/aromatic N) is 1. The molecule has 2 unspecified atom stereocenters. The SMILES string of the molecule is CCCCCSP(=O)(OCC)OC1C=Cc2nc3cc(S(=O)(=O)CCC)ccc3cc2C1=O. The van der Waals surface area contributed by atoms with Gasteiger partial charge in [0.15, 0.2) is 15.6 Å². The number of hydrogen-bond acceptors (Lipinski definition) is 8. The predicted molar refractivity (Wildman–Crippen MR) is 134 cm³/mol. The molecule has 33 heavy (non-hydrogen) atoms. The number of benzene rings is 1. The monoisotopic (exact) mass is 511 g/mol. The van der Waals surface area contributed by atoms with Crippen LogP contribution < -0.4 is 0 Å². The Morgan fingerprint density at radius 1 is 1.12 bits per heavy atom. The van der Waals surface area contributed by atoms with Crippen LogP contribution in [0, 0.1) is 0 Å². The standard InChI is InChI=1S/C23H30NO6PS2/c1-4-7-8-13-32-31(26,29-6-3)30-22-12-11-20-19(23(22)25)15-17-9-10-18(16-21(17)24-20)33(27,28)14-5-2/h9-12,15-16,22H,4-8,13-14H2,1-3H3. The number of fused-ring (bicyclic) bond motifs is 2. The van der Waals surface area contributed by atoms with Crippen molar-refractivity contribution >= 4 is 50.8 Å². The molecule has 0 aliphatic heterocycles. The zero-order chi connectivity index (χ0) is 24.1. The first-order valence-electron chi connectivity index (χ1n) is 11.2. The lowest BCUT2D eigenvalue weighted by Gasteiger charge is -2.23. The molecule has 0 saturated heterocycles. The molecule has 1 aliphatic carbocycles. The molecule has 2 atom stereocenters. The van der Waals surface area contributed by atoms with Gasteiger partial charge in [-0.2, -0.15) is 0 Å². The Balaban J connectivity index is 1.85. The van der Waals surface area contributed by atoms with Crippen molar-refractivity contribution in [2.24, 2.45) is 0 Å². The Morgan fingerprint density at radius 2 is 1.91 bits per heavy atom. The van der Waals surface area contributed by atoms with E-state index in [1.54, 1.807) is 25.1 Å². The second kappa shape index (κ2) is 11.3. The van der Waals surface area contributed by atoms with Gasteiger partial charge in [-0.1, -0.05) is 32.8 Å². The van der Waals surface area contributed by atoms with Crippen molar-refractivity contribution in [3.63, 3.8) is 0 Å². The van der Waals surface area contributed by atoms with E-state index >= 15 is 0 Å². The maximum atomic E-state index is 13.2. The Morgan fingerprint density at radius 3 is 2.61 bits per heavy atom. The third-order valence-electron chi connectivity index (χ3n) is 5.13. The van der Waals surface area contributed by atoms with Crippen LogP contribution in [-0.2, 0) is 23.4 Å². The largest absolute Gasteiger partial charge is 0.390 e. The van der Waals surface area contributed by atoms with Crippen LogP contribution in [0.3, 0.4) is 0 Å². The Kier molecular flexibility index (Phi) is 8.92. The van der Waals surface area contributed by atoms with Crippen LogP contribution in [0.15, 0.2) is 35.2 Å². The summed E-state index contributed by atoms with van der Waals surface area (Å²) >= 11 is 1.13. The third-order valence-corrected chi connectivity index (χ3v) is 11.0. The Bertz CT molecular complexity index is 1190. The minimum atomic E-state index is -3.50. The van der Waals surface area contributed by atoms with E-state index in [-0.39, 0.29) is 23.0 Å². The molecule has 180 valence electrons. The van der Waals surface area contributed by atoms with E-state index < -0.39 is 22.7 Å². The zero-order valence-electron chi connectivity index (χ0n) is 19.2. The van der Waals surface area contributed by atoms with Gasteiger partial charge in [0.2, 0.25) is 0 Å². The maximum absolute atomic E-state index is 13.2. The van der Waals surface area contributed by atoms with Gasteiger partial charge >= 0.3 is 6.80 Å². The zero-order valence-corrected chi connectivity index (χ0v) is 21.7. The van der Waals surface area contributed by atoms with Gasteiger partial charge in [-0.3, -0.25) is 9.32 Å². The highest BCUT2D eigenvalue weighted by molar-refractivity contribution is 8.55. The molecular weight excluding hydrogens is 481 g/mol. The molecule has 0 bridgehead atoms. The smallest absolute Gasteiger partial charge is 0.301 e. The van der Waals surface area contributed by atoms with Crippen molar-refractivity contribution < 1.29 is 26.8 Å². The van der Waals surface area contributed by atoms with Gasteiger partial charge in [0, 0.05) is 16.7 Å². The summed E-state index contributed by atoms with van der Waals surface area (Å²) in [7, 11) is -3.37. The summed E-state index contributed by atoms with van der Waals surface area (Å²) in [6, 6.07) is 6.41. The quantitative estimate of drug-likeness (QED) is 0.250. The number of hydrogen-bond donors (Lipinski definition) is 0. The predicted octanol–water partition coefficient (Wildman–Crippen LogP) is 6.08. The normalized spacial score (nSPS) is 17.8. The van der Waals surface area contributed by atoms with Crippen LogP contribution in [0.4, 0.5) is 0 Å². The van der Waals surface area contributed by atoms with Gasteiger partial charge in [0.1, 0.15) is 6.10 Å². The first kappa shape index (κ1) is 26.1. The molecule has 0 fully saturated rings. The highest BCUT2D eigenvalue weighted by Gasteiger charge is 2.35. The maximum Gasteiger partial charge on any atom is 0.390 e. The second-order valence-corrected chi connectivity index (χ2v) is 14.0. The van der Waals surface area contributed by atoms with Crippen LogP contribution in [-0.4, -0.2) is 43.4 Å². The second-order valence-electron chi connectivity index (χ2n) is 7.75. The molecule has 0 amide bonds. The summed E-state index contributed by atoms with van der Waals surface area (Å²) in [5.41, 5.74) is 1.27. The molecule has 0 spiro atoms. The van der Waals surface area contributed by atoms with Crippen molar-refractivity contribution in [2.45, 2.75) is 57.5 Å². The van der Waals surface area contributed by atoms with Gasteiger partial charge in [0.25, 0.3) is 0 Å². The fourth-order valence-electron chi connectivity index (χ4n) is 3.49. The van der Waals surface area contributed by atoms with Crippen LogP contribution in [0.1, 0.15) is 62.5 Å². The molecule has 0 saturated carbocycles. The lowest BCUT2D eigenvalue weighted by Crippen LogP contribution is -2.25. The lowest BCUT2D eigenvalue weighted by molar-refractivity contribution is 0.0826. The van der Waals surface area contributed by atoms with E-state index in [2.05, 4.69) is 11.9 Å². The number of carbonyl (C=O) groups excluding carboxylic acids is 1. The van der Waals surface area contributed by atoms with Crippen LogP contribution >= 0.6 is 18.2 Å². The summed E-state index contributed by atoms with van der Waals surface area (Å²) in [5.74, 6) is 0.345. The van der Waals surface area contributed by atoms with Crippen molar-refractivity contribution in [1.82, 2.24) is 4.98 Å².